The van der Waals surface area contributed by atoms with Crippen molar-refractivity contribution in [2.24, 2.45) is 5.92 Å². The second-order valence-corrected chi connectivity index (χ2v) is 3.46. The van der Waals surface area contributed by atoms with Gasteiger partial charge in [0.25, 0.3) is 0 Å². The maximum Gasteiger partial charge on any atom is 0.182 e. The first-order chi connectivity index (χ1) is 7.60. The third kappa shape index (κ3) is 2.63. The largest absolute Gasteiger partial charge is 0.293 e. The Balaban J connectivity index is 3.00. The minimum Gasteiger partial charge on any atom is -0.293 e. The fourth-order valence-corrected chi connectivity index (χ4v) is 1.42. The molecule has 1 aromatic carbocycles. The minimum absolute atomic E-state index is 0.221. The molecule has 0 heterocycles. The van der Waals surface area contributed by atoms with Gasteiger partial charge in [0.1, 0.15) is 17.6 Å². The van der Waals surface area contributed by atoms with Crippen molar-refractivity contribution in [3.8, 4) is 6.07 Å². The zero-order valence-electron chi connectivity index (χ0n) is 8.84. The first-order valence-corrected chi connectivity index (χ1v) is 4.99. The molecule has 0 amide bonds. The van der Waals surface area contributed by atoms with E-state index in [-0.39, 0.29) is 5.56 Å². The summed E-state index contributed by atoms with van der Waals surface area (Å²) in [6.07, 6.45) is 1.04. The number of carbonyl (C=O) groups is 1. The van der Waals surface area contributed by atoms with Gasteiger partial charge in [0, 0.05) is 6.07 Å². The van der Waals surface area contributed by atoms with E-state index in [2.05, 4.69) is 0 Å². The summed E-state index contributed by atoms with van der Waals surface area (Å²) in [5, 5.41) is 8.77. The molecule has 16 heavy (non-hydrogen) atoms. The van der Waals surface area contributed by atoms with Gasteiger partial charge in [-0.3, -0.25) is 4.79 Å². The Morgan fingerprint density at radius 3 is 2.69 bits per heavy atom. The molecule has 0 spiro atoms. The van der Waals surface area contributed by atoms with Crippen LogP contribution in [-0.4, -0.2) is 5.78 Å². The van der Waals surface area contributed by atoms with E-state index in [4.69, 9.17) is 5.26 Å². The highest BCUT2D eigenvalue weighted by atomic mass is 19.1. The van der Waals surface area contributed by atoms with Gasteiger partial charge in [-0.15, -0.1) is 0 Å². The van der Waals surface area contributed by atoms with E-state index in [1.807, 2.05) is 13.0 Å². The molecule has 1 atom stereocenters. The molecule has 0 aliphatic heterocycles. The molecular formula is C12H11F2NO. The smallest absolute Gasteiger partial charge is 0.182 e. The van der Waals surface area contributed by atoms with E-state index < -0.39 is 23.3 Å². The molecule has 0 fully saturated rings. The number of nitriles is 1. The molecule has 0 aliphatic carbocycles. The number of halogens is 2. The number of benzene rings is 1. The van der Waals surface area contributed by atoms with Crippen LogP contribution in [0.3, 0.4) is 0 Å². The van der Waals surface area contributed by atoms with E-state index >= 15 is 0 Å². The van der Waals surface area contributed by atoms with Crippen LogP contribution in [0, 0.1) is 28.9 Å². The van der Waals surface area contributed by atoms with Crippen LogP contribution in [-0.2, 0) is 0 Å². The topological polar surface area (TPSA) is 40.9 Å². The second kappa shape index (κ2) is 5.36. The zero-order chi connectivity index (χ0) is 12.1. The lowest BCUT2D eigenvalue weighted by atomic mass is 9.94. The van der Waals surface area contributed by atoms with Gasteiger partial charge in [-0.1, -0.05) is 13.3 Å². The molecule has 1 unspecified atom stereocenters. The van der Waals surface area contributed by atoms with Gasteiger partial charge in [-0.25, -0.2) is 8.78 Å². The summed E-state index contributed by atoms with van der Waals surface area (Å²) in [5.41, 5.74) is -0.221. The van der Waals surface area contributed by atoms with Crippen LogP contribution >= 0.6 is 0 Å². The Hall–Kier alpha value is -1.76. The molecule has 84 valence electrons. The molecule has 0 saturated carbocycles. The molecular weight excluding hydrogens is 212 g/mol. The van der Waals surface area contributed by atoms with Crippen LogP contribution in [0.15, 0.2) is 18.2 Å². The summed E-state index contributed by atoms with van der Waals surface area (Å²) in [4.78, 5) is 11.7. The Morgan fingerprint density at radius 2 is 2.19 bits per heavy atom. The van der Waals surface area contributed by atoms with Crippen molar-refractivity contribution in [3.63, 3.8) is 0 Å². The highest BCUT2D eigenvalue weighted by Gasteiger charge is 2.21. The summed E-state index contributed by atoms with van der Waals surface area (Å²) in [6, 6.07) is 4.57. The van der Waals surface area contributed by atoms with E-state index in [1.165, 1.54) is 0 Å². The van der Waals surface area contributed by atoms with Gasteiger partial charge >= 0.3 is 0 Å². The third-order valence-electron chi connectivity index (χ3n) is 2.25. The van der Waals surface area contributed by atoms with E-state index in [9.17, 15) is 13.6 Å². The standard InChI is InChI=1S/C12H11F2NO/c1-2-3-8(7-15)12(16)10-5-4-9(13)6-11(10)14/h4-6,8H,2-3H2,1H3. The fourth-order valence-electron chi connectivity index (χ4n) is 1.42. The van der Waals surface area contributed by atoms with Crippen LogP contribution in [0.4, 0.5) is 8.78 Å². The van der Waals surface area contributed by atoms with Gasteiger partial charge in [0.05, 0.1) is 11.6 Å². The molecule has 2 nitrogen and oxygen atoms in total. The number of carbonyl (C=O) groups excluding carboxylic acids is 1. The highest BCUT2D eigenvalue weighted by molar-refractivity contribution is 5.99. The van der Waals surface area contributed by atoms with E-state index in [0.29, 0.717) is 18.9 Å². The van der Waals surface area contributed by atoms with Gasteiger partial charge in [-0.05, 0) is 18.6 Å². The first-order valence-electron chi connectivity index (χ1n) is 4.99. The summed E-state index contributed by atoms with van der Waals surface area (Å²) in [7, 11) is 0. The Labute approximate surface area is 92.5 Å². The molecule has 4 heteroatoms. The van der Waals surface area contributed by atoms with Crippen molar-refractivity contribution in [3.05, 3.63) is 35.4 Å². The maximum absolute atomic E-state index is 13.3. The van der Waals surface area contributed by atoms with Crippen molar-refractivity contribution in [2.75, 3.05) is 0 Å². The Kier molecular flexibility index (Phi) is 4.12. The van der Waals surface area contributed by atoms with Crippen LogP contribution < -0.4 is 0 Å². The number of nitrogens with zero attached hydrogens (tertiary/aromatic N) is 1. The number of Topliss-reactive ketones (excluding diaryl/α,β-unsaturated/α-hetero) is 1. The molecule has 0 saturated heterocycles. The lowest BCUT2D eigenvalue weighted by molar-refractivity contribution is 0.0939. The highest BCUT2D eigenvalue weighted by Crippen LogP contribution is 2.17. The quantitative estimate of drug-likeness (QED) is 0.736. The molecule has 0 aromatic heterocycles. The monoisotopic (exact) mass is 223 g/mol. The molecule has 0 aliphatic rings. The Bertz CT molecular complexity index is 437. The molecule has 0 bridgehead atoms. The summed E-state index contributed by atoms with van der Waals surface area (Å²) in [6.45, 7) is 1.83. The predicted molar refractivity (Wildman–Crippen MR) is 54.7 cm³/mol. The van der Waals surface area contributed by atoms with E-state index in [1.54, 1.807) is 0 Å². The Morgan fingerprint density at radius 1 is 1.50 bits per heavy atom. The van der Waals surface area contributed by atoms with Gasteiger partial charge < -0.3 is 0 Å². The third-order valence-corrected chi connectivity index (χ3v) is 2.25. The van der Waals surface area contributed by atoms with E-state index in [0.717, 1.165) is 12.1 Å². The lowest BCUT2D eigenvalue weighted by Crippen LogP contribution is -2.14. The molecule has 1 rings (SSSR count). The molecule has 0 radical (unpaired) electrons. The van der Waals surface area contributed by atoms with Crippen molar-refractivity contribution in [1.29, 1.82) is 5.26 Å². The predicted octanol–water partition coefficient (Wildman–Crippen LogP) is 3.09. The number of rotatable bonds is 4. The zero-order valence-corrected chi connectivity index (χ0v) is 8.84. The van der Waals surface area contributed by atoms with Crippen LogP contribution in [0.25, 0.3) is 0 Å². The van der Waals surface area contributed by atoms with Crippen molar-refractivity contribution in [1.82, 2.24) is 0 Å². The van der Waals surface area contributed by atoms with Gasteiger partial charge in [-0.2, -0.15) is 5.26 Å². The number of hydrogen-bond donors (Lipinski definition) is 0. The first kappa shape index (κ1) is 12.3. The van der Waals surface area contributed by atoms with Crippen molar-refractivity contribution in [2.45, 2.75) is 19.8 Å². The summed E-state index contributed by atoms with van der Waals surface area (Å²) in [5.74, 6) is -3.09. The molecule has 0 N–H and O–H groups in total. The maximum atomic E-state index is 13.3. The van der Waals surface area contributed by atoms with Crippen LogP contribution in [0.2, 0.25) is 0 Å². The number of ketones is 1. The van der Waals surface area contributed by atoms with Crippen molar-refractivity contribution >= 4 is 5.78 Å². The normalized spacial score (nSPS) is 11.9. The van der Waals surface area contributed by atoms with Crippen molar-refractivity contribution < 1.29 is 13.6 Å². The van der Waals surface area contributed by atoms with Gasteiger partial charge in [0.2, 0.25) is 0 Å². The summed E-state index contributed by atoms with van der Waals surface area (Å²) < 4.78 is 25.9. The lowest BCUT2D eigenvalue weighted by Gasteiger charge is -2.07. The number of hydrogen-bond acceptors (Lipinski definition) is 2. The average Bonchev–Trinajstić information content (AvgIpc) is 2.25. The minimum atomic E-state index is -0.915. The summed E-state index contributed by atoms with van der Waals surface area (Å²) >= 11 is 0. The fraction of sp³-hybridized carbons (Fsp3) is 0.333. The average molecular weight is 223 g/mol. The van der Waals surface area contributed by atoms with Gasteiger partial charge in [0.15, 0.2) is 5.78 Å². The van der Waals surface area contributed by atoms with Crippen LogP contribution in [0.5, 0.6) is 0 Å². The SMILES string of the molecule is CCCC(C#N)C(=O)c1ccc(F)cc1F. The second-order valence-electron chi connectivity index (χ2n) is 3.46. The molecule has 1 aromatic rings. The van der Waals surface area contributed by atoms with Crippen LogP contribution in [0.1, 0.15) is 30.1 Å².